The van der Waals surface area contributed by atoms with Crippen LogP contribution in [0, 0.1) is 4.77 Å². The van der Waals surface area contributed by atoms with Crippen LogP contribution in [0.25, 0.3) is 17.1 Å². The van der Waals surface area contributed by atoms with Gasteiger partial charge in [0, 0.05) is 30.6 Å². The molecule has 0 fully saturated rings. The normalized spacial score (nSPS) is 11.1. The lowest BCUT2D eigenvalue weighted by Crippen LogP contribution is -2.22. The minimum absolute atomic E-state index is 0.507. The van der Waals surface area contributed by atoms with Crippen LogP contribution in [0.5, 0.6) is 5.75 Å². The molecular formula is C20H20N6O2S. The number of hydrogen-bond donors (Lipinski definition) is 0. The van der Waals surface area contributed by atoms with Gasteiger partial charge in [-0.25, -0.2) is 4.68 Å². The van der Waals surface area contributed by atoms with Gasteiger partial charge in [0.25, 0.3) is 0 Å². The fourth-order valence-corrected chi connectivity index (χ4v) is 3.32. The summed E-state index contributed by atoms with van der Waals surface area (Å²) in [7, 11) is 3.63. The Kier molecular flexibility index (Phi) is 5.50. The molecular weight excluding hydrogens is 388 g/mol. The van der Waals surface area contributed by atoms with Crippen molar-refractivity contribution in [3.8, 4) is 22.8 Å². The topological polar surface area (TPSA) is 74.1 Å². The second-order valence-electron chi connectivity index (χ2n) is 6.52. The van der Waals surface area contributed by atoms with Gasteiger partial charge in [-0.1, -0.05) is 5.16 Å². The van der Waals surface area contributed by atoms with Crippen molar-refractivity contribution in [2.45, 2.75) is 13.2 Å². The molecule has 0 amide bonds. The Morgan fingerprint density at radius 3 is 2.52 bits per heavy atom. The van der Waals surface area contributed by atoms with Gasteiger partial charge in [0.2, 0.25) is 4.77 Å². The van der Waals surface area contributed by atoms with E-state index in [0.29, 0.717) is 18.0 Å². The molecule has 0 radical (unpaired) electrons. The van der Waals surface area contributed by atoms with Crippen LogP contribution in [-0.4, -0.2) is 43.5 Å². The quantitative estimate of drug-likeness (QED) is 0.433. The first-order valence-corrected chi connectivity index (χ1v) is 9.39. The maximum atomic E-state index is 5.78. The van der Waals surface area contributed by atoms with Crippen LogP contribution >= 0.6 is 12.2 Å². The standard InChI is InChI=1S/C20H20N6O2S/c1-24(13-16-9-12-28-23-16)14-25-20(29)26(17-3-5-18(27-2)6-4-17)19(22-25)15-7-10-21-11-8-15/h3-12H,13-14H2,1-2H3. The van der Waals surface area contributed by atoms with Crippen LogP contribution in [0.15, 0.2) is 65.6 Å². The van der Waals surface area contributed by atoms with Crippen LogP contribution < -0.4 is 4.74 Å². The maximum Gasteiger partial charge on any atom is 0.204 e. The van der Waals surface area contributed by atoms with Gasteiger partial charge in [0.05, 0.1) is 25.2 Å². The lowest BCUT2D eigenvalue weighted by molar-refractivity contribution is 0.237. The van der Waals surface area contributed by atoms with Gasteiger partial charge in [0.1, 0.15) is 12.0 Å². The Morgan fingerprint density at radius 1 is 1.10 bits per heavy atom. The van der Waals surface area contributed by atoms with Crippen LogP contribution in [0.1, 0.15) is 5.69 Å². The lowest BCUT2D eigenvalue weighted by Gasteiger charge is -2.14. The van der Waals surface area contributed by atoms with Gasteiger partial charge < -0.3 is 9.26 Å². The summed E-state index contributed by atoms with van der Waals surface area (Å²) in [4.78, 5) is 6.17. The Morgan fingerprint density at radius 2 is 1.86 bits per heavy atom. The van der Waals surface area contributed by atoms with Crippen molar-refractivity contribution in [1.82, 2.24) is 29.4 Å². The molecule has 0 atom stereocenters. The van der Waals surface area contributed by atoms with Crippen molar-refractivity contribution in [2.75, 3.05) is 14.2 Å². The van der Waals surface area contributed by atoms with Crippen molar-refractivity contribution in [2.24, 2.45) is 0 Å². The third-order valence-electron chi connectivity index (χ3n) is 4.41. The average Bonchev–Trinajstić information content (AvgIpc) is 3.37. The summed E-state index contributed by atoms with van der Waals surface area (Å²) in [6.07, 6.45) is 5.05. The van der Waals surface area contributed by atoms with E-state index in [9.17, 15) is 0 Å². The molecule has 0 saturated carbocycles. The number of benzene rings is 1. The zero-order chi connectivity index (χ0) is 20.2. The largest absolute Gasteiger partial charge is 0.497 e. The fraction of sp³-hybridized carbons (Fsp3) is 0.200. The number of pyridine rings is 1. The molecule has 8 nitrogen and oxygen atoms in total. The van der Waals surface area contributed by atoms with Crippen molar-refractivity contribution in [3.63, 3.8) is 0 Å². The van der Waals surface area contributed by atoms with E-state index in [2.05, 4.69) is 15.0 Å². The third-order valence-corrected chi connectivity index (χ3v) is 4.80. The number of nitrogens with zero attached hydrogens (tertiary/aromatic N) is 6. The van der Waals surface area contributed by atoms with Gasteiger partial charge in [-0.15, -0.1) is 5.10 Å². The molecule has 0 N–H and O–H groups in total. The number of aromatic nitrogens is 5. The Hall–Kier alpha value is -3.30. The highest BCUT2D eigenvalue weighted by Gasteiger charge is 2.16. The summed E-state index contributed by atoms with van der Waals surface area (Å²) in [5.41, 5.74) is 2.69. The molecule has 4 aromatic rings. The summed E-state index contributed by atoms with van der Waals surface area (Å²) in [6, 6.07) is 13.4. The molecule has 0 aliphatic rings. The Balaban J connectivity index is 1.73. The van der Waals surface area contributed by atoms with E-state index in [-0.39, 0.29) is 0 Å². The second kappa shape index (κ2) is 8.38. The smallest absolute Gasteiger partial charge is 0.204 e. The number of hydrogen-bond acceptors (Lipinski definition) is 7. The highest BCUT2D eigenvalue weighted by Crippen LogP contribution is 2.24. The molecule has 3 heterocycles. The van der Waals surface area contributed by atoms with Crippen LogP contribution in [0.4, 0.5) is 0 Å². The second-order valence-corrected chi connectivity index (χ2v) is 6.89. The molecule has 4 rings (SSSR count). The zero-order valence-corrected chi connectivity index (χ0v) is 16.9. The van der Waals surface area contributed by atoms with E-state index < -0.39 is 0 Å². The van der Waals surface area contributed by atoms with Gasteiger partial charge in [0.15, 0.2) is 5.82 Å². The molecule has 3 aromatic heterocycles. The van der Waals surface area contributed by atoms with E-state index in [1.165, 1.54) is 0 Å². The summed E-state index contributed by atoms with van der Waals surface area (Å²) in [6.45, 7) is 1.13. The predicted octanol–water partition coefficient (Wildman–Crippen LogP) is 3.55. The first-order chi connectivity index (χ1) is 14.2. The highest BCUT2D eigenvalue weighted by molar-refractivity contribution is 7.71. The van der Waals surface area contributed by atoms with Crippen molar-refractivity contribution in [3.05, 3.63) is 71.6 Å². The average molecular weight is 408 g/mol. The molecule has 0 aliphatic carbocycles. The molecule has 0 bridgehead atoms. The van der Waals surface area contributed by atoms with Gasteiger partial charge in [-0.3, -0.25) is 14.5 Å². The van der Waals surface area contributed by atoms with Crippen LogP contribution in [-0.2, 0) is 13.2 Å². The number of ether oxygens (including phenoxy) is 1. The Labute approximate surface area is 173 Å². The lowest BCUT2D eigenvalue weighted by atomic mass is 10.2. The van der Waals surface area contributed by atoms with E-state index in [1.54, 1.807) is 30.4 Å². The first kappa shape index (κ1) is 19.0. The van der Waals surface area contributed by atoms with Gasteiger partial charge in [-0.05, 0) is 55.7 Å². The molecule has 0 spiro atoms. The van der Waals surface area contributed by atoms with Gasteiger partial charge in [-0.2, -0.15) is 0 Å². The molecule has 0 unspecified atom stereocenters. The molecule has 1 aromatic carbocycles. The SMILES string of the molecule is COc1ccc(-n2c(-c3ccncc3)nn(CN(C)Cc3ccon3)c2=S)cc1. The Bertz CT molecular complexity index is 1120. The molecule has 29 heavy (non-hydrogen) atoms. The molecule has 0 saturated heterocycles. The molecule has 0 aliphatic heterocycles. The number of methoxy groups -OCH3 is 1. The maximum absolute atomic E-state index is 5.78. The summed E-state index contributed by atoms with van der Waals surface area (Å²) in [5.74, 6) is 1.53. The minimum Gasteiger partial charge on any atom is -0.497 e. The fourth-order valence-electron chi connectivity index (χ4n) is 3.03. The van der Waals surface area contributed by atoms with Gasteiger partial charge >= 0.3 is 0 Å². The van der Waals surface area contributed by atoms with E-state index in [0.717, 1.165) is 28.5 Å². The third kappa shape index (κ3) is 4.10. The summed E-state index contributed by atoms with van der Waals surface area (Å²) >= 11 is 5.78. The highest BCUT2D eigenvalue weighted by atomic mass is 32.1. The monoisotopic (exact) mass is 408 g/mol. The summed E-state index contributed by atoms with van der Waals surface area (Å²) < 4.78 is 14.5. The molecule has 148 valence electrons. The van der Waals surface area contributed by atoms with Crippen molar-refractivity contribution in [1.29, 1.82) is 0 Å². The van der Waals surface area contributed by atoms with Crippen LogP contribution in [0.3, 0.4) is 0 Å². The summed E-state index contributed by atoms with van der Waals surface area (Å²) in [5, 5.41) is 8.76. The van der Waals surface area contributed by atoms with E-state index >= 15 is 0 Å². The van der Waals surface area contributed by atoms with E-state index in [1.807, 2.05) is 54.1 Å². The molecule has 9 heteroatoms. The number of rotatable bonds is 7. The van der Waals surface area contributed by atoms with Crippen molar-refractivity contribution < 1.29 is 9.26 Å². The minimum atomic E-state index is 0.507. The van der Waals surface area contributed by atoms with Crippen molar-refractivity contribution >= 4 is 12.2 Å². The first-order valence-electron chi connectivity index (χ1n) is 8.98. The van der Waals surface area contributed by atoms with E-state index in [4.69, 9.17) is 26.6 Å². The van der Waals surface area contributed by atoms with Crippen LogP contribution in [0.2, 0.25) is 0 Å². The zero-order valence-electron chi connectivity index (χ0n) is 16.1. The predicted molar refractivity (Wildman–Crippen MR) is 110 cm³/mol.